The van der Waals surface area contributed by atoms with E-state index in [9.17, 15) is 4.79 Å². The number of anilines is 1. The van der Waals surface area contributed by atoms with Crippen molar-refractivity contribution in [1.29, 1.82) is 0 Å². The Morgan fingerprint density at radius 2 is 2.09 bits per heavy atom. The molecule has 5 nitrogen and oxygen atoms in total. The molecule has 1 fully saturated rings. The van der Waals surface area contributed by atoms with Crippen molar-refractivity contribution >= 4 is 24.0 Å². The first-order chi connectivity index (χ1) is 10.7. The fourth-order valence-electron chi connectivity index (χ4n) is 3.19. The molecule has 0 aliphatic carbocycles. The van der Waals surface area contributed by atoms with Crippen molar-refractivity contribution in [2.45, 2.75) is 12.8 Å². The van der Waals surface area contributed by atoms with Crippen molar-refractivity contribution in [3.63, 3.8) is 0 Å². The molecule has 124 valence electrons. The van der Waals surface area contributed by atoms with Gasteiger partial charge in [0, 0.05) is 44.5 Å². The molecule has 0 unspecified atom stereocenters. The number of rotatable bonds is 4. The summed E-state index contributed by atoms with van der Waals surface area (Å²) in [5, 5.41) is 7.60. The predicted molar refractivity (Wildman–Crippen MR) is 94.0 cm³/mol. The fourth-order valence-corrected chi connectivity index (χ4v) is 3.19. The lowest BCUT2D eigenvalue weighted by Crippen LogP contribution is -2.38. The highest BCUT2D eigenvalue weighted by atomic mass is 35.5. The zero-order valence-corrected chi connectivity index (χ0v) is 14.3. The third-order valence-electron chi connectivity index (χ3n) is 4.33. The number of carbonyl (C=O) groups excluding carboxylic acids is 1. The molecular weight excluding hydrogens is 312 g/mol. The highest BCUT2D eigenvalue weighted by Gasteiger charge is 2.37. The minimum atomic E-state index is -0.0376. The van der Waals surface area contributed by atoms with Gasteiger partial charge in [-0.15, -0.1) is 12.4 Å². The standard InChI is InChI=1S/C17H22N4O.ClH/c1-3-21(14-7-5-4-6-8-14)17(22)16-11-18-10-15(16)13-9-19-20(2)12-13;/h4-9,12,15-16,18H,3,10-11H2,1-2H3;1H/t15-,16+;/m1./s1. The molecule has 6 heteroatoms. The highest BCUT2D eigenvalue weighted by molar-refractivity contribution is 5.96. The number of aryl methyl sites for hydroxylation is 1. The van der Waals surface area contributed by atoms with E-state index in [-0.39, 0.29) is 30.2 Å². The van der Waals surface area contributed by atoms with Gasteiger partial charge in [0.2, 0.25) is 5.91 Å². The van der Waals surface area contributed by atoms with Crippen molar-refractivity contribution in [2.24, 2.45) is 13.0 Å². The van der Waals surface area contributed by atoms with Gasteiger partial charge in [-0.3, -0.25) is 9.48 Å². The lowest BCUT2D eigenvalue weighted by Gasteiger charge is -2.26. The molecule has 3 rings (SSSR count). The number of hydrogen-bond acceptors (Lipinski definition) is 3. The van der Waals surface area contributed by atoms with Crippen molar-refractivity contribution in [3.05, 3.63) is 48.3 Å². The fraction of sp³-hybridized carbons (Fsp3) is 0.412. The van der Waals surface area contributed by atoms with Crippen LogP contribution in [0.2, 0.25) is 0 Å². The molecule has 2 heterocycles. The van der Waals surface area contributed by atoms with Crippen LogP contribution in [0, 0.1) is 5.92 Å². The number of aromatic nitrogens is 2. The van der Waals surface area contributed by atoms with Crippen LogP contribution in [-0.4, -0.2) is 35.3 Å². The molecule has 2 atom stereocenters. The Bertz CT molecular complexity index is 643. The highest BCUT2D eigenvalue weighted by Crippen LogP contribution is 2.30. The first kappa shape index (κ1) is 17.5. The van der Waals surface area contributed by atoms with E-state index in [2.05, 4.69) is 10.4 Å². The van der Waals surface area contributed by atoms with E-state index in [0.717, 1.165) is 24.3 Å². The molecule has 0 saturated carbocycles. The van der Waals surface area contributed by atoms with E-state index >= 15 is 0 Å². The van der Waals surface area contributed by atoms with Crippen LogP contribution in [0.5, 0.6) is 0 Å². The average molecular weight is 335 g/mol. The van der Waals surface area contributed by atoms with Crippen LogP contribution in [-0.2, 0) is 11.8 Å². The topological polar surface area (TPSA) is 50.2 Å². The van der Waals surface area contributed by atoms with Crippen molar-refractivity contribution in [1.82, 2.24) is 15.1 Å². The van der Waals surface area contributed by atoms with Crippen LogP contribution in [0.15, 0.2) is 42.7 Å². The first-order valence-corrected chi connectivity index (χ1v) is 7.76. The zero-order chi connectivity index (χ0) is 15.5. The largest absolute Gasteiger partial charge is 0.315 e. The maximum absolute atomic E-state index is 13.0. The normalized spacial score (nSPS) is 20.1. The molecule has 1 N–H and O–H groups in total. The molecule has 1 amide bonds. The van der Waals surface area contributed by atoms with Crippen molar-refractivity contribution in [2.75, 3.05) is 24.5 Å². The number of hydrogen-bond donors (Lipinski definition) is 1. The summed E-state index contributed by atoms with van der Waals surface area (Å²) < 4.78 is 1.80. The van der Waals surface area contributed by atoms with Crippen LogP contribution >= 0.6 is 12.4 Å². The number of carbonyl (C=O) groups is 1. The minimum Gasteiger partial charge on any atom is -0.315 e. The van der Waals surface area contributed by atoms with Gasteiger partial charge < -0.3 is 10.2 Å². The van der Waals surface area contributed by atoms with Gasteiger partial charge in [-0.05, 0) is 24.6 Å². The number of amides is 1. The van der Waals surface area contributed by atoms with Gasteiger partial charge in [-0.2, -0.15) is 5.10 Å². The van der Waals surface area contributed by atoms with Crippen LogP contribution in [0.4, 0.5) is 5.69 Å². The Morgan fingerprint density at radius 1 is 1.35 bits per heavy atom. The van der Waals surface area contributed by atoms with Crippen molar-refractivity contribution in [3.8, 4) is 0 Å². The molecule has 1 saturated heterocycles. The Morgan fingerprint density at radius 3 is 2.70 bits per heavy atom. The molecule has 0 radical (unpaired) electrons. The summed E-state index contributed by atoms with van der Waals surface area (Å²) in [6.07, 6.45) is 3.88. The van der Waals surface area contributed by atoms with E-state index < -0.39 is 0 Å². The van der Waals surface area contributed by atoms with E-state index in [4.69, 9.17) is 0 Å². The zero-order valence-electron chi connectivity index (χ0n) is 13.5. The van der Waals surface area contributed by atoms with Gasteiger partial charge >= 0.3 is 0 Å². The molecule has 0 spiro atoms. The third-order valence-corrected chi connectivity index (χ3v) is 4.33. The number of para-hydroxylation sites is 1. The first-order valence-electron chi connectivity index (χ1n) is 7.76. The molecule has 1 aromatic heterocycles. The summed E-state index contributed by atoms with van der Waals surface area (Å²) in [6, 6.07) is 9.89. The predicted octanol–water partition coefficient (Wildman–Crippen LogP) is 2.20. The van der Waals surface area contributed by atoms with Gasteiger partial charge in [-0.25, -0.2) is 0 Å². The van der Waals surface area contributed by atoms with E-state index in [1.165, 1.54) is 0 Å². The SMILES string of the molecule is CCN(C(=O)[C@H]1CNC[C@@H]1c1cnn(C)c1)c1ccccc1.Cl. The number of nitrogens with one attached hydrogen (secondary N) is 1. The Hall–Kier alpha value is -1.85. The molecular formula is C17H23ClN4O. The maximum atomic E-state index is 13.0. The third kappa shape index (κ3) is 3.57. The number of halogens is 1. The second kappa shape index (κ2) is 7.62. The molecule has 1 aliphatic heterocycles. The lowest BCUT2D eigenvalue weighted by molar-refractivity contribution is -0.122. The molecule has 23 heavy (non-hydrogen) atoms. The summed E-state index contributed by atoms with van der Waals surface area (Å²) in [4.78, 5) is 14.9. The maximum Gasteiger partial charge on any atom is 0.232 e. The summed E-state index contributed by atoms with van der Waals surface area (Å²) in [6.45, 7) is 4.25. The molecule has 1 aliphatic rings. The second-order valence-electron chi connectivity index (χ2n) is 5.74. The van der Waals surface area contributed by atoms with E-state index in [0.29, 0.717) is 6.54 Å². The van der Waals surface area contributed by atoms with Gasteiger partial charge in [0.25, 0.3) is 0 Å². The van der Waals surface area contributed by atoms with E-state index in [1.54, 1.807) is 4.68 Å². The summed E-state index contributed by atoms with van der Waals surface area (Å²) in [7, 11) is 1.91. The van der Waals surface area contributed by atoms with Gasteiger partial charge in [-0.1, -0.05) is 18.2 Å². The quantitative estimate of drug-likeness (QED) is 0.932. The van der Waals surface area contributed by atoms with Gasteiger partial charge in [0.15, 0.2) is 0 Å². The smallest absolute Gasteiger partial charge is 0.232 e. The summed E-state index contributed by atoms with van der Waals surface area (Å²) in [5.74, 6) is 0.343. The summed E-state index contributed by atoms with van der Waals surface area (Å²) in [5.41, 5.74) is 2.10. The Kier molecular flexibility index (Phi) is 5.80. The number of benzene rings is 1. The minimum absolute atomic E-state index is 0. The Balaban J connectivity index is 0.00000192. The lowest BCUT2D eigenvalue weighted by atomic mass is 9.89. The second-order valence-corrected chi connectivity index (χ2v) is 5.74. The number of nitrogens with zero attached hydrogens (tertiary/aromatic N) is 3. The van der Waals surface area contributed by atoms with Crippen molar-refractivity contribution < 1.29 is 4.79 Å². The molecule has 1 aromatic carbocycles. The summed E-state index contributed by atoms with van der Waals surface area (Å²) >= 11 is 0. The van der Waals surface area contributed by atoms with Crippen LogP contribution in [0.1, 0.15) is 18.4 Å². The average Bonchev–Trinajstić information content (AvgIpc) is 3.17. The Labute approximate surface area is 143 Å². The van der Waals surface area contributed by atoms with Gasteiger partial charge in [0.1, 0.15) is 0 Å². The molecule has 2 aromatic rings. The van der Waals surface area contributed by atoms with Crippen LogP contribution in [0.25, 0.3) is 0 Å². The molecule has 0 bridgehead atoms. The monoisotopic (exact) mass is 334 g/mol. The van der Waals surface area contributed by atoms with Crippen LogP contribution < -0.4 is 10.2 Å². The van der Waals surface area contributed by atoms with E-state index in [1.807, 2.05) is 61.6 Å². The van der Waals surface area contributed by atoms with Crippen LogP contribution in [0.3, 0.4) is 0 Å². The van der Waals surface area contributed by atoms with Gasteiger partial charge in [0.05, 0.1) is 12.1 Å².